The van der Waals surface area contributed by atoms with Gasteiger partial charge in [0.1, 0.15) is 0 Å². The van der Waals surface area contributed by atoms with Crippen molar-refractivity contribution in [3.8, 4) is 0 Å². The van der Waals surface area contributed by atoms with Crippen molar-refractivity contribution in [3.05, 3.63) is 0 Å². The normalized spacial score (nSPS) is 28.3. The molecular weight excluding hydrogens is 164 g/mol. The molecule has 0 aromatic rings. The number of hydrogen-bond donors (Lipinski definition) is 0. The average Bonchev–Trinajstić information content (AvgIpc) is 1.84. The van der Waals surface area contributed by atoms with Crippen LogP contribution in [0.4, 0.5) is 0 Å². The maximum Gasteiger partial charge on any atom is 0.271 e. The lowest BCUT2D eigenvalue weighted by Crippen LogP contribution is -2.04. The van der Waals surface area contributed by atoms with Crippen LogP contribution in [-0.4, -0.2) is 17.2 Å². The van der Waals surface area contributed by atoms with Gasteiger partial charge in [-0.1, -0.05) is 0 Å². The van der Waals surface area contributed by atoms with Crippen molar-refractivity contribution in [1.29, 1.82) is 0 Å². The molecular formula is C3H7ClS2Si. The Morgan fingerprint density at radius 3 is 2.00 bits per heavy atom. The fourth-order valence-electron chi connectivity index (χ4n) is 0.490. The van der Waals surface area contributed by atoms with Crippen LogP contribution < -0.4 is 0 Å². The lowest BCUT2D eigenvalue weighted by molar-refractivity contribution is 1.59. The molecule has 0 aromatic carbocycles. The van der Waals surface area contributed by atoms with E-state index in [-0.39, 0.29) is 0 Å². The molecule has 1 fully saturated rings. The van der Waals surface area contributed by atoms with Crippen LogP contribution in [0.3, 0.4) is 0 Å². The molecule has 0 atom stereocenters. The summed E-state index contributed by atoms with van der Waals surface area (Å²) in [5, 5.41) is 0. The molecule has 0 spiro atoms. The van der Waals surface area contributed by atoms with Gasteiger partial charge in [-0.2, -0.15) is 22.4 Å². The molecule has 0 saturated carbocycles. The molecule has 1 aliphatic rings. The van der Waals surface area contributed by atoms with Gasteiger partial charge in [-0.15, -0.1) is 11.1 Å². The summed E-state index contributed by atoms with van der Waals surface area (Å²) in [6, 6.07) is 0. The van der Waals surface area contributed by atoms with Crippen molar-refractivity contribution >= 4 is 39.2 Å². The van der Waals surface area contributed by atoms with E-state index in [9.17, 15) is 0 Å². The maximum atomic E-state index is 6.03. The van der Waals surface area contributed by atoms with Crippen LogP contribution in [0.5, 0.6) is 0 Å². The average molecular weight is 171 g/mol. The van der Waals surface area contributed by atoms with Crippen molar-refractivity contribution in [3.63, 3.8) is 0 Å². The topological polar surface area (TPSA) is 0 Å². The SMILES string of the molecule is C[Si]1(Cl)SCCS1. The third-order valence-electron chi connectivity index (χ3n) is 0.803. The lowest BCUT2D eigenvalue weighted by Gasteiger charge is -2.04. The van der Waals surface area contributed by atoms with Crippen molar-refractivity contribution in [2.24, 2.45) is 0 Å². The summed E-state index contributed by atoms with van der Waals surface area (Å²) < 4.78 is 0. The standard InChI is InChI=1S/C3H7ClS2Si/c1-7(4)5-2-3-6-7/h2-3H2,1H3. The summed E-state index contributed by atoms with van der Waals surface area (Å²) in [6.07, 6.45) is 0. The van der Waals surface area contributed by atoms with E-state index in [2.05, 4.69) is 6.55 Å². The van der Waals surface area contributed by atoms with Crippen molar-refractivity contribution in [2.45, 2.75) is 6.55 Å². The second kappa shape index (κ2) is 2.21. The summed E-state index contributed by atoms with van der Waals surface area (Å²) >= 11 is 9.97. The summed E-state index contributed by atoms with van der Waals surface area (Å²) in [5.74, 6) is 2.55. The predicted molar refractivity (Wildman–Crippen MR) is 42.4 cm³/mol. The van der Waals surface area contributed by atoms with E-state index in [4.69, 9.17) is 11.1 Å². The van der Waals surface area contributed by atoms with Gasteiger partial charge in [0.25, 0.3) is 5.68 Å². The smallest absolute Gasteiger partial charge is 0.157 e. The molecule has 1 rings (SSSR count). The molecule has 0 amide bonds. The van der Waals surface area contributed by atoms with E-state index in [1.54, 1.807) is 0 Å². The van der Waals surface area contributed by atoms with Crippen LogP contribution in [-0.2, 0) is 0 Å². The van der Waals surface area contributed by atoms with Gasteiger partial charge in [0.15, 0.2) is 0 Å². The first-order chi connectivity index (χ1) is 3.21. The van der Waals surface area contributed by atoms with Crippen LogP contribution in [0.15, 0.2) is 0 Å². The van der Waals surface area contributed by atoms with Gasteiger partial charge in [0.2, 0.25) is 0 Å². The first-order valence-corrected chi connectivity index (χ1v) is 9.11. The van der Waals surface area contributed by atoms with Gasteiger partial charge in [0.05, 0.1) is 0 Å². The van der Waals surface area contributed by atoms with Crippen LogP contribution in [0.2, 0.25) is 6.55 Å². The van der Waals surface area contributed by atoms with Crippen LogP contribution in [0.1, 0.15) is 0 Å². The molecule has 0 aliphatic carbocycles. The Hall–Kier alpha value is 1.21. The highest BCUT2D eigenvalue weighted by Crippen LogP contribution is 2.41. The van der Waals surface area contributed by atoms with Crippen molar-refractivity contribution < 1.29 is 0 Å². The minimum absolute atomic E-state index is 1.23. The zero-order valence-electron chi connectivity index (χ0n) is 4.11. The van der Waals surface area contributed by atoms with Gasteiger partial charge in [-0.3, -0.25) is 0 Å². The van der Waals surface area contributed by atoms with E-state index in [1.807, 2.05) is 22.4 Å². The highest BCUT2D eigenvalue weighted by Gasteiger charge is 2.30. The summed E-state index contributed by atoms with van der Waals surface area (Å²) in [4.78, 5) is 0. The largest absolute Gasteiger partial charge is 0.271 e. The van der Waals surface area contributed by atoms with Gasteiger partial charge in [-0.25, -0.2) is 0 Å². The van der Waals surface area contributed by atoms with Crippen LogP contribution in [0, 0.1) is 0 Å². The zero-order valence-corrected chi connectivity index (χ0v) is 7.50. The van der Waals surface area contributed by atoms with Crippen LogP contribution >= 0.6 is 33.5 Å². The highest BCUT2D eigenvalue weighted by atomic mass is 35.6. The van der Waals surface area contributed by atoms with Crippen LogP contribution in [0.25, 0.3) is 0 Å². The summed E-state index contributed by atoms with van der Waals surface area (Å²) in [6.45, 7) is 2.19. The first-order valence-electron chi connectivity index (χ1n) is 2.17. The third kappa shape index (κ3) is 1.88. The van der Waals surface area contributed by atoms with E-state index in [0.29, 0.717) is 0 Å². The minimum Gasteiger partial charge on any atom is -0.157 e. The molecule has 0 nitrogen and oxygen atoms in total. The van der Waals surface area contributed by atoms with Gasteiger partial charge in [-0.05, 0) is 18.1 Å². The van der Waals surface area contributed by atoms with E-state index in [0.717, 1.165) is 0 Å². The number of halogens is 1. The fourth-order valence-corrected chi connectivity index (χ4v) is 9.55. The molecule has 1 saturated heterocycles. The lowest BCUT2D eigenvalue weighted by atomic mass is 11.0. The second-order valence-electron chi connectivity index (χ2n) is 1.53. The van der Waals surface area contributed by atoms with E-state index >= 15 is 0 Å². The van der Waals surface area contributed by atoms with Gasteiger partial charge in [0, 0.05) is 0 Å². The minimum atomic E-state index is -1.23. The molecule has 1 aliphatic heterocycles. The van der Waals surface area contributed by atoms with Crippen molar-refractivity contribution in [2.75, 3.05) is 11.5 Å². The second-order valence-corrected chi connectivity index (χ2v) is 15.6. The predicted octanol–water partition coefficient (Wildman–Crippen LogP) is 2.27. The quantitative estimate of drug-likeness (QED) is 0.404. The van der Waals surface area contributed by atoms with Gasteiger partial charge < -0.3 is 0 Å². The Bertz CT molecular complexity index is 67.3. The summed E-state index contributed by atoms with van der Waals surface area (Å²) in [5.41, 5.74) is -1.23. The molecule has 0 aromatic heterocycles. The number of hydrogen-bond acceptors (Lipinski definition) is 2. The first kappa shape index (κ1) is 6.33. The Morgan fingerprint density at radius 2 is 1.86 bits per heavy atom. The molecule has 0 bridgehead atoms. The molecule has 0 N–H and O–H groups in total. The maximum absolute atomic E-state index is 6.03. The summed E-state index contributed by atoms with van der Waals surface area (Å²) in [7, 11) is 0. The molecule has 4 heteroatoms. The fraction of sp³-hybridized carbons (Fsp3) is 1.00. The monoisotopic (exact) mass is 170 g/mol. The zero-order chi connectivity index (χ0) is 5.33. The Kier molecular flexibility index (Phi) is 2.00. The highest BCUT2D eigenvalue weighted by molar-refractivity contribution is 8.64. The Morgan fingerprint density at radius 1 is 1.43 bits per heavy atom. The third-order valence-corrected chi connectivity index (χ3v) is 11.3. The molecule has 1 heterocycles. The van der Waals surface area contributed by atoms with E-state index < -0.39 is 5.68 Å². The van der Waals surface area contributed by atoms with Gasteiger partial charge >= 0.3 is 0 Å². The molecule has 7 heavy (non-hydrogen) atoms. The van der Waals surface area contributed by atoms with Crippen molar-refractivity contribution in [1.82, 2.24) is 0 Å². The Labute approximate surface area is 57.4 Å². The Balaban J connectivity index is 2.40. The molecule has 42 valence electrons. The van der Waals surface area contributed by atoms with E-state index in [1.165, 1.54) is 11.5 Å². The molecule has 0 unspecified atom stereocenters. The molecule has 0 radical (unpaired) electrons. The number of rotatable bonds is 0.